The molecule has 0 bridgehead atoms. The fraction of sp³-hybridized carbons (Fsp3) is 0.381. The van der Waals surface area contributed by atoms with Gasteiger partial charge in [0.15, 0.2) is 5.96 Å². The van der Waals surface area contributed by atoms with Gasteiger partial charge in [-0.3, -0.25) is 4.99 Å². The Morgan fingerprint density at radius 3 is 2.47 bits per heavy atom. The van der Waals surface area contributed by atoms with Gasteiger partial charge in [0.1, 0.15) is 16.5 Å². The smallest absolute Gasteiger partial charge is 0.213 e. The maximum atomic E-state index is 5.80. The van der Waals surface area contributed by atoms with E-state index < -0.39 is 0 Å². The Morgan fingerprint density at radius 1 is 1.17 bits per heavy atom. The minimum absolute atomic E-state index is 0. The van der Waals surface area contributed by atoms with Crippen LogP contribution in [0.15, 0.2) is 45.3 Å². The van der Waals surface area contributed by atoms with Crippen LogP contribution < -0.4 is 15.4 Å². The van der Waals surface area contributed by atoms with E-state index in [1.165, 1.54) is 0 Å². The lowest BCUT2D eigenvalue weighted by atomic mass is 9.94. The molecule has 0 aliphatic heterocycles. The molecule has 0 atom stereocenters. The van der Waals surface area contributed by atoms with Crippen LogP contribution in [0.1, 0.15) is 38.1 Å². The normalized spacial score (nSPS) is 11.7. The van der Waals surface area contributed by atoms with E-state index in [2.05, 4.69) is 41.4 Å². The van der Waals surface area contributed by atoms with Crippen LogP contribution in [-0.2, 0) is 18.5 Å². The lowest BCUT2D eigenvalue weighted by molar-refractivity contribution is 0.379. The molecule has 0 fully saturated rings. The topological polar surface area (TPSA) is 84.6 Å². The predicted molar refractivity (Wildman–Crippen MR) is 132 cm³/mol. The molecule has 7 nitrogen and oxygen atoms in total. The summed E-state index contributed by atoms with van der Waals surface area (Å²) in [5.74, 6) is 3.00. The maximum absolute atomic E-state index is 5.80. The van der Waals surface area contributed by atoms with Gasteiger partial charge in [-0.1, -0.05) is 20.8 Å². The molecule has 0 amide bonds. The van der Waals surface area contributed by atoms with E-state index in [1.54, 1.807) is 31.7 Å². The number of guanidine groups is 1. The molecule has 0 radical (unpaired) electrons. The average Bonchev–Trinajstić information content (AvgIpc) is 3.38. The molecule has 3 rings (SSSR count). The second-order valence-corrected chi connectivity index (χ2v) is 8.38. The molecule has 0 aliphatic rings. The van der Waals surface area contributed by atoms with Gasteiger partial charge >= 0.3 is 0 Å². The standard InChI is InChI=1S/C21H27N5O2S.HI/c1-21(2,3)17-11-23-18(28-17)12-25-20(22-4)24-10-15-13-29-19(26-15)14-6-8-16(27-5)9-7-14;/h6-9,11,13H,10,12H2,1-5H3,(H2,22,24,25);1H. The lowest BCUT2D eigenvalue weighted by Gasteiger charge is -2.13. The SMILES string of the molecule is CN=C(NCc1csc(-c2ccc(OC)cc2)n1)NCc1ncc(C(C)(C)C)o1.I. The number of nitrogens with one attached hydrogen (secondary N) is 2. The lowest BCUT2D eigenvalue weighted by Crippen LogP contribution is -2.36. The maximum Gasteiger partial charge on any atom is 0.213 e. The molecular formula is C21H28IN5O2S. The van der Waals surface area contributed by atoms with Crippen molar-refractivity contribution >= 4 is 41.3 Å². The van der Waals surface area contributed by atoms with Gasteiger partial charge in [-0.05, 0) is 24.3 Å². The van der Waals surface area contributed by atoms with Crippen LogP contribution in [0.5, 0.6) is 5.75 Å². The number of aromatic nitrogens is 2. The van der Waals surface area contributed by atoms with Crippen LogP contribution in [0.2, 0.25) is 0 Å². The Labute approximate surface area is 198 Å². The third-order valence-corrected chi connectivity index (χ3v) is 5.19. The first-order chi connectivity index (χ1) is 13.9. The van der Waals surface area contributed by atoms with Gasteiger partial charge in [-0.15, -0.1) is 35.3 Å². The Hall–Kier alpha value is -2.14. The number of methoxy groups -OCH3 is 1. The number of hydrogen-bond acceptors (Lipinski definition) is 6. The molecule has 0 saturated heterocycles. The highest BCUT2D eigenvalue weighted by atomic mass is 127. The number of nitrogens with zero attached hydrogens (tertiary/aromatic N) is 3. The highest BCUT2D eigenvalue weighted by Crippen LogP contribution is 2.25. The number of rotatable bonds is 6. The summed E-state index contributed by atoms with van der Waals surface area (Å²) in [4.78, 5) is 13.3. The average molecular weight is 541 g/mol. The van der Waals surface area contributed by atoms with E-state index in [9.17, 15) is 0 Å². The van der Waals surface area contributed by atoms with E-state index in [1.807, 2.05) is 29.6 Å². The molecule has 2 N–H and O–H groups in total. The molecule has 162 valence electrons. The van der Waals surface area contributed by atoms with E-state index in [0.29, 0.717) is 24.9 Å². The number of thiazole rings is 1. The third kappa shape index (κ3) is 6.43. The first-order valence-electron chi connectivity index (χ1n) is 9.37. The highest BCUT2D eigenvalue weighted by Gasteiger charge is 2.19. The minimum atomic E-state index is -0.0581. The summed E-state index contributed by atoms with van der Waals surface area (Å²) in [7, 11) is 3.39. The van der Waals surface area contributed by atoms with Gasteiger partial charge in [-0.2, -0.15) is 0 Å². The summed E-state index contributed by atoms with van der Waals surface area (Å²) in [6, 6.07) is 7.90. The van der Waals surface area contributed by atoms with Crippen molar-refractivity contribution in [2.24, 2.45) is 4.99 Å². The first-order valence-corrected chi connectivity index (χ1v) is 10.3. The van der Waals surface area contributed by atoms with Crippen LogP contribution in [0.25, 0.3) is 10.6 Å². The van der Waals surface area contributed by atoms with E-state index in [0.717, 1.165) is 27.8 Å². The summed E-state index contributed by atoms with van der Waals surface area (Å²) in [6.07, 6.45) is 1.78. The molecule has 0 aliphatic carbocycles. The number of hydrogen-bond donors (Lipinski definition) is 2. The minimum Gasteiger partial charge on any atom is -0.497 e. The van der Waals surface area contributed by atoms with Crippen molar-refractivity contribution in [2.45, 2.75) is 39.3 Å². The Kier molecular flexibility index (Phi) is 8.65. The summed E-state index contributed by atoms with van der Waals surface area (Å²) in [6.45, 7) is 7.33. The molecule has 2 heterocycles. The molecule has 3 aromatic rings. The molecule has 0 unspecified atom stereocenters. The first kappa shape index (κ1) is 24.1. The Morgan fingerprint density at radius 2 is 1.87 bits per heavy atom. The quantitative estimate of drug-likeness (QED) is 0.270. The number of ether oxygens (including phenoxy) is 1. The molecule has 0 spiro atoms. The van der Waals surface area contributed by atoms with E-state index >= 15 is 0 Å². The zero-order valence-electron chi connectivity index (χ0n) is 17.9. The summed E-state index contributed by atoms with van der Waals surface area (Å²) in [5, 5.41) is 9.51. The van der Waals surface area contributed by atoms with Crippen LogP contribution >= 0.6 is 35.3 Å². The molecule has 1 aromatic carbocycles. The van der Waals surface area contributed by atoms with Crippen molar-refractivity contribution in [2.75, 3.05) is 14.2 Å². The highest BCUT2D eigenvalue weighted by molar-refractivity contribution is 14.0. The van der Waals surface area contributed by atoms with Crippen molar-refractivity contribution in [3.8, 4) is 16.3 Å². The predicted octanol–water partition coefficient (Wildman–Crippen LogP) is 4.59. The Balaban J connectivity index is 0.00000320. The number of halogens is 1. The van der Waals surface area contributed by atoms with Gasteiger partial charge in [0.2, 0.25) is 5.89 Å². The molecular weight excluding hydrogens is 513 g/mol. The van der Waals surface area contributed by atoms with Crippen molar-refractivity contribution in [3.05, 3.63) is 53.2 Å². The zero-order chi connectivity index (χ0) is 20.9. The monoisotopic (exact) mass is 541 g/mol. The van der Waals surface area contributed by atoms with Gasteiger partial charge in [0.05, 0.1) is 32.1 Å². The third-order valence-electron chi connectivity index (χ3n) is 4.25. The van der Waals surface area contributed by atoms with Gasteiger partial charge in [-0.25, -0.2) is 9.97 Å². The number of benzene rings is 1. The Bertz CT molecular complexity index is 960. The molecule has 9 heteroatoms. The van der Waals surface area contributed by atoms with Gasteiger partial charge in [0, 0.05) is 23.4 Å². The number of oxazole rings is 1. The van der Waals surface area contributed by atoms with Crippen molar-refractivity contribution in [1.29, 1.82) is 0 Å². The molecule has 30 heavy (non-hydrogen) atoms. The molecule has 2 aromatic heterocycles. The summed E-state index contributed by atoms with van der Waals surface area (Å²) < 4.78 is 11.0. The van der Waals surface area contributed by atoms with Crippen LogP contribution in [0.4, 0.5) is 0 Å². The second kappa shape index (κ2) is 10.8. The van der Waals surface area contributed by atoms with Crippen molar-refractivity contribution in [1.82, 2.24) is 20.6 Å². The fourth-order valence-corrected chi connectivity index (χ4v) is 3.37. The van der Waals surface area contributed by atoms with E-state index in [-0.39, 0.29) is 29.4 Å². The van der Waals surface area contributed by atoms with Gasteiger partial charge < -0.3 is 19.8 Å². The summed E-state index contributed by atoms with van der Waals surface area (Å²) in [5.41, 5.74) is 1.97. The fourth-order valence-electron chi connectivity index (χ4n) is 2.55. The second-order valence-electron chi connectivity index (χ2n) is 7.52. The van der Waals surface area contributed by atoms with Crippen LogP contribution in [0.3, 0.4) is 0 Å². The van der Waals surface area contributed by atoms with Crippen LogP contribution in [0, 0.1) is 0 Å². The molecule has 0 saturated carbocycles. The van der Waals surface area contributed by atoms with E-state index in [4.69, 9.17) is 14.1 Å². The van der Waals surface area contributed by atoms with Gasteiger partial charge in [0.25, 0.3) is 0 Å². The van der Waals surface area contributed by atoms with Crippen LogP contribution in [-0.4, -0.2) is 30.1 Å². The van der Waals surface area contributed by atoms with Crippen molar-refractivity contribution < 1.29 is 9.15 Å². The number of aliphatic imine (C=N–C) groups is 1. The summed E-state index contributed by atoms with van der Waals surface area (Å²) >= 11 is 1.61. The van der Waals surface area contributed by atoms with Crippen molar-refractivity contribution in [3.63, 3.8) is 0 Å². The zero-order valence-corrected chi connectivity index (χ0v) is 21.0. The largest absolute Gasteiger partial charge is 0.497 e.